The van der Waals surface area contributed by atoms with E-state index >= 15 is 4.39 Å². The molecule has 46 heavy (non-hydrogen) atoms. The molecule has 0 spiro atoms. The molecule has 1 aromatic heterocycles. The SMILES string of the molecule is C=CC(=O)N1CCN(c2nc(OCC3(CN4CCCC4)CC3)nc3c(F)c(-c4cccc5cccc(Cl)c45)ccc23)CC1CC#N. The first-order chi connectivity index (χ1) is 22.4. The predicted molar refractivity (Wildman–Crippen MR) is 178 cm³/mol. The van der Waals surface area contributed by atoms with E-state index in [9.17, 15) is 10.1 Å². The van der Waals surface area contributed by atoms with Crippen LogP contribution in [0.15, 0.2) is 61.2 Å². The number of hydrogen-bond acceptors (Lipinski definition) is 7. The number of carbonyl (C=O) groups excluding carboxylic acids is 1. The number of hydrogen-bond donors (Lipinski definition) is 0. The van der Waals surface area contributed by atoms with Crippen LogP contribution in [0.25, 0.3) is 32.8 Å². The normalized spacial score (nSPS) is 19.4. The lowest BCUT2D eigenvalue weighted by atomic mass is 9.96. The van der Waals surface area contributed by atoms with E-state index in [0.717, 1.165) is 43.2 Å². The van der Waals surface area contributed by atoms with Crippen molar-refractivity contribution in [3.05, 3.63) is 72.0 Å². The minimum absolute atomic E-state index is 0.0669. The van der Waals surface area contributed by atoms with Crippen LogP contribution in [0, 0.1) is 22.6 Å². The van der Waals surface area contributed by atoms with Crippen LogP contribution in [0.3, 0.4) is 0 Å². The van der Waals surface area contributed by atoms with Crippen molar-refractivity contribution in [2.24, 2.45) is 5.41 Å². The summed E-state index contributed by atoms with van der Waals surface area (Å²) in [5.74, 6) is -0.168. The molecule has 7 rings (SSSR count). The van der Waals surface area contributed by atoms with Gasteiger partial charge in [-0.2, -0.15) is 15.2 Å². The monoisotopic (exact) mass is 638 g/mol. The zero-order valence-electron chi connectivity index (χ0n) is 25.7. The second kappa shape index (κ2) is 12.5. The van der Waals surface area contributed by atoms with Crippen molar-refractivity contribution in [3.63, 3.8) is 0 Å². The van der Waals surface area contributed by atoms with Gasteiger partial charge in [-0.05, 0) is 67.9 Å². The van der Waals surface area contributed by atoms with Crippen LogP contribution in [0.1, 0.15) is 32.1 Å². The summed E-state index contributed by atoms with van der Waals surface area (Å²) in [6.07, 6.45) is 6.06. The van der Waals surface area contributed by atoms with E-state index in [0.29, 0.717) is 53.6 Å². The maximum absolute atomic E-state index is 16.8. The summed E-state index contributed by atoms with van der Waals surface area (Å²) in [7, 11) is 0. The van der Waals surface area contributed by atoms with E-state index in [1.165, 1.54) is 18.9 Å². The van der Waals surface area contributed by atoms with E-state index < -0.39 is 5.82 Å². The fraction of sp³-hybridized carbons (Fsp3) is 0.389. The number of nitrogens with zero attached hydrogens (tertiary/aromatic N) is 6. The van der Waals surface area contributed by atoms with Gasteiger partial charge in [-0.3, -0.25) is 4.79 Å². The van der Waals surface area contributed by atoms with Crippen molar-refractivity contribution in [2.45, 2.75) is 38.1 Å². The molecular weight excluding hydrogens is 603 g/mol. The molecule has 1 atom stereocenters. The second-order valence-electron chi connectivity index (χ2n) is 12.8. The molecule has 1 amide bonds. The Balaban J connectivity index is 1.30. The van der Waals surface area contributed by atoms with Gasteiger partial charge in [-0.15, -0.1) is 0 Å². The molecule has 8 nitrogen and oxygen atoms in total. The Hall–Kier alpha value is -4.26. The van der Waals surface area contributed by atoms with Crippen LogP contribution in [0.2, 0.25) is 5.02 Å². The minimum atomic E-state index is -0.481. The highest BCUT2D eigenvalue weighted by Crippen LogP contribution is 2.47. The summed E-state index contributed by atoms with van der Waals surface area (Å²) in [5, 5.41) is 12.3. The Morgan fingerprint density at radius 2 is 1.87 bits per heavy atom. The zero-order valence-corrected chi connectivity index (χ0v) is 26.5. The molecule has 3 aliphatic rings. The Morgan fingerprint density at radius 1 is 1.09 bits per heavy atom. The molecule has 1 unspecified atom stereocenters. The molecule has 1 aliphatic carbocycles. The Bertz CT molecular complexity index is 1860. The highest BCUT2D eigenvalue weighted by atomic mass is 35.5. The van der Waals surface area contributed by atoms with Gasteiger partial charge in [0.25, 0.3) is 0 Å². The van der Waals surface area contributed by atoms with Gasteiger partial charge in [0.15, 0.2) is 5.82 Å². The van der Waals surface area contributed by atoms with Gasteiger partial charge in [0.05, 0.1) is 25.1 Å². The Kier molecular flexibility index (Phi) is 8.26. The number of halogens is 2. The molecule has 0 bridgehead atoms. The summed E-state index contributed by atoms with van der Waals surface area (Å²) in [6.45, 7) is 8.52. The molecule has 1 saturated carbocycles. The zero-order chi connectivity index (χ0) is 31.8. The van der Waals surface area contributed by atoms with Gasteiger partial charge in [0.1, 0.15) is 11.3 Å². The van der Waals surface area contributed by atoms with Gasteiger partial charge in [-0.1, -0.05) is 54.6 Å². The van der Waals surface area contributed by atoms with Gasteiger partial charge >= 0.3 is 6.01 Å². The highest BCUT2D eigenvalue weighted by Gasteiger charge is 2.45. The van der Waals surface area contributed by atoms with Crippen LogP contribution >= 0.6 is 11.6 Å². The number of piperazine rings is 1. The van der Waals surface area contributed by atoms with Crippen molar-refractivity contribution >= 4 is 45.0 Å². The number of aromatic nitrogens is 2. The topological polar surface area (TPSA) is 85.6 Å². The molecule has 236 valence electrons. The quantitative estimate of drug-likeness (QED) is 0.191. The van der Waals surface area contributed by atoms with Crippen molar-refractivity contribution in [3.8, 4) is 23.2 Å². The number of nitriles is 1. The maximum Gasteiger partial charge on any atom is 0.319 e. The number of fused-ring (bicyclic) bond motifs is 2. The first-order valence-electron chi connectivity index (χ1n) is 16.0. The maximum atomic E-state index is 16.8. The lowest BCUT2D eigenvalue weighted by Gasteiger charge is -2.41. The van der Waals surface area contributed by atoms with E-state index in [1.807, 2.05) is 47.4 Å². The third-order valence-corrected chi connectivity index (χ3v) is 10.0. The first-order valence-corrected chi connectivity index (χ1v) is 16.4. The first kappa shape index (κ1) is 30.4. The summed E-state index contributed by atoms with van der Waals surface area (Å²) in [5.41, 5.74) is 1.29. The summed E-state index contributed by atoms with van der Waals surface area (Å²) in [4.78, 5) is 28.3. The molecule has 10 heteroatoms. The van der Waals surface area contributed by atoms with Gasteiger partial charge in [-0.25, -0.2) is 4.39 Å². The van der Waals surface area contributed by atoms with E-state index in [1.54, 1.807) is 11.0 Å². The van der Waals surface area contributed by atoms with Crippen LogP contribution in [-0.2, 0) is 4.79 Å². The standard InChI is InChI=1S/C36H36ClFN6O2/c1-2-30(45)44-20-19-43(21-25(44)13-16-39)34-28-12-11-27(26-9-5-7-24-8-6-10-29(37)31(24)26)32(38)33(28)40-35(41-34)46-23-36(14-15-36)22-42-17-3-4-18-42/h2,5-12,25H,1,3-4,13-15,17-23H2. The lowest BCUT2D eigenvalue weighted by molar-refractivity contribution is -0.128. The summed E-state index contributed by atoms with van der Waals surface area (Å²) < 4.78 is 23.1. The summed E-state index contributed by atoms with van der Waals surface area (Å²) >= 11 is 6.63. The number of amides is 1. The van der Waals surface area contributed by atoms with Crippen LogP contribution < -0.4 is 9.64 Å². The number of anilines is 1. The molecule has 0 N–H and O–H groups in total. The largest absolute Gasteiger partial charge is 0.463 e. The molecule has 4 aromatic rings. The average molecular weight is 639 g/mol. The van der Waals surface area contributed by atoms with E-state index in [2.05, 4.69) is 22.5 Å². The number of ether oxygens (including phenoxy) is 1. The minimum Gasteiger partial charge on any atom is -0.463 e. The van der Waals surface area contributed by atoms with E-state index in [4.69, 9.17) is 21.3 Å². The smallest absolute Gasteiger partial charge is 0.319 e. The molecule has 3 aromatic carbocycles. The lowest BCUT2D eigenvalue weighted by Crippen LogP contribution is -2.55. The van der Waals surface area contributed by atoms with Gasteiger partial charge in [0.2, 0.25) is 5.91 Å². The van der Waals surface area contributed by atoms with Gasteiger partial charge < -0.3 is 19.4 Å². The number of carbonyl (C=O) groups is 1. The average Bonchev–Trinajstić information content (AvgIpc) is 3.64. The molecule has 2 aliphatic heterocycles. The fourth-order valence-electron chi connectivity index (χ4n) is 7.05. The molecule has 2 saturated heterocycles. The number of rotatable bonds is 9. The van der Waals surface area contributed by atoms with Crippen LogP contribution in [0.4, 0.5) is 10.2 Å². The van der Waals surface area contributed by atoms with Gasteiger partial charge in [0, 0.05) is 53.0 Å². The molecular formula is C36H36ClFN6O2. The third kappa shape index (κ3) is 5.76. The van der Waals surface area contributed by atoms with E-state index in [-0.39, 0.29) is 35.3 Å². The molecule has 3 fully saturated rings. The highest BCUT2D eigenvalue weighted by molar-refractivity contribution is 6.36. The molecule has 0 radical (unpaired) electrons. The Labute approximate surface area is 273 Å². The number of likely N-dealkylation sites (tertiary alicyclic amines) is 1. The van der Waals surface area contributed by atoms with Crippen molar-refractivity contribution in [1.29, 1.82) is 5.26 Å². The third-order valence-electron chi connectivity index (χ3n) is 9.70. The molecule has 3 heterocycles. The number of benzene rings is 3. The second-order valence-corrected chi connectivity index (χ2v) is 13.2. The fourth-order valence-corrected chi connectivity index (χ4v) is 7.34. The van der Waals surface area contributed by atoms with Crippen molar-refractivity contribution in [1.82, 2.24) is 19.8 Å². The van der Waals surface area contributed by atoms with Crippen LogP contribution in [0.5, 0.6) is 6.01 Å². The van der Waals surface area contributed by atoms with Crippen molar-refractivity contribution in [2.75, 3.05) is 50.8 Å². The van der Waals surface area contributed by atoms with Crippen molar-refractivity contribution < 1.29 is 13.9 Å². The Morgan fingerprint density at radius 3 is 2.61 bits per heavy atom. The predicted octanol–water partition coefficient (Wildman–Crippen LogP) is 6.61. The summed E-state index contributed by atoms with van der Waals surface area (Å²) in [6, 6.07) is 16.9. The van der Waals surface area contributed by atoms with Crippen LogP contribution in [-0.4, -0.2) is 77.6 Å².